The van der Waals surface area contributed by atoms with Crippen molar-refractivity contribution in [1.82, 2.24) is 0 Å². The van der Waals surface area contributed by atoms with Crippen LogP contribution in [0.2, 0.25) is 0 Å². The molecule has 4 nitrogen and oxygen atoms in total. The van der Waals surface area contributed by atoms with E-state index in [-0.39, 0.29) is 29.4 Å². The highest BCUT2D eigenvalue weighted by Gasteiger charge is 2.44. The summed E-state index contributed by atoms with van der Waals surface area (Å²) in [5.74, 6) is -0.348. The smallest absolute Gasteiger partial charge is 0.131 e. The fraction of sp³-hybridized carbons (Fsp3) is 0.484. The van der Waals surface area contributed by atoms with Crippen LogP contribution in [0.1, 0.15) is 85.8 Å². The van der Waals surface area contributed by atoms with Gasteiger partial charge in [-0.15, -0.1) is 0 Å². The molecule has 0 saturated carbocycles. The first-order valence-electron chi connectivity index (χ1n) is 13.2. The fourth-order valence-electron chi connectivity index (χ4n) is 3.60. The van der Waals surface area contributed by atoms with Crippen molar-refractivity contribution in [3.8, 4) is 0 Å². The van der Waals surface area contributed by atoms with E-state index in [2.05, 4.69) is 33.4 Å². The lowest BCUT2D eigenvalue weighted by Gasteiger charge is -2.53. The van der Waals surface area contributed by atoms with Crippen molar-refractivity contribution in [3.05, 3.63) is 89.7 Å². The zero-order chi connectivity index (χ0) is 28.5. The Hall–Kier alpha value is -2.70. The van der Waals surface area contributed by atoms with E-state index in [0.29, 0.717) is 24.8 Å². The Balaban J connectivity index is 0.000000833. The Bertz CT molecular complexity index is 903. The van der Waals surface area contributed by atoms with Crippen LogP contribution in [0.25, 0.3) is 0 Å². The summed E-state index contributed by atoms with van der Waals surface area (Å²) >= 11 is 0. The van der Waals surface area contributed by atoms with Gasteiger partial charge in [-0.1, -0.05) is 58.1 Å². The highest BCUT2D eigenvalue weighted by Crippen LogP contribution is 2.39. The van der Waals surface area contributed by atoms with E-state index in [1.807, 2.05) is 32.6 Å². The summed E-state index contributed by atoms with van der Waals surface area (Å²) < 4.78 is 25.9. The lowest BCUT2D eigenvalue weighted by Crippen LogP contribution is -2.63. The van der Waals surface area contributed by atoms with Gasteiger partial charge in [0, 0.05) is 24.1 Å². The summed E-state index contributed by atoms with van der Waals surface area (Å²) in [7, 11) is 0. The molecule has 37 heavy (non-hydrogen) atoms. The molecule has 3 unspecified atom stereocenters. The first-order valence-corrected chi connectivity index (χ1v) is 13.2. The summed E-state index contributed by atoms with van der Waals surface area (Å²) in [5, 5.41) is 28.8. The number of allylic oxidation sites excluding steroid dienone is 3. The molecule has 0 aromatic heterocycles. The van der Waals surface area contributed by atoms with Crippen molar-refractivity contribution < 1.29 is 24.1 Å². The third-order valence-electron chi connectivity index (χ3n) is 6.34. The number of anilines is 1. The van der Waals surface area contributed by atoms with E-state index in [4.69, 9.17) is 5.11 Å². The van der Waals surface area contributed by atoms with Crippen LogP contribution in [0.3, 0.4) is 0 Å². The normalized spacial score (nSPS) is 19.1. The number of halogens is 2. The van der Waals surface area contributed by atoms with Crippen LogP contribution in [-0.2, 0) is 0 Å². The molecule has 0 amide bonds. The van der Waals surface area contributed by atoms with Gasteiger partial charge in [-0.3, -0.25) is 0 Å². The minimum atomic E-state index is -0.676. The van der Waals surface area contributed by atoms with E-state index >= 15 is 0 Å². The van der Waals surface area contributed by atoms with Gasteiger partial charge in [-0.25, -0.2) is 8.78 Å². The average Bonchev–Trinajstić information content (AvgIpc) is 2.91. The fourth-order valence-corrected chi connectivity index (χ4v) is 3.60. The number of aliphatic hydroxyl groups excluding tert-OH is 3. The van der Waals surface area contributed by atoms with Crippen LogP contribution in [0, 0.1) is 17.6 Å². The van der Waals surface area contributed by atoms with Gasteiger partial charge in [0.15, 0.2) is 0 Å². The summed E-state index contributed by atoms with van der Waals surface area (Å²) in [6.07, 6.45) is 3.82. The van der Waals surface area contributed by atoms with Crippen molar-refractivity contribution in [1.29, 1.82) is 0 Å². The topological polar surface area (TPSA) is 63.9 Å². The number of hydrogen-bond acceptors (Lipinski definition) is 4. The molecule has 1 aliphatic heterocycles. The van der Waals surface area contributed by atoms with Gasteiger partial charge in [-0.2, -0.15) is 0 Å². The molecule has 3 N–H and O–H groups in total. The van der Waals surface area contributed by atoms with Gasteiger partial charge in [-0.05, 0) is 82.0 Å². The number of benzene rings is 2. The summed E-state index contributed by atoms with van der Waals surface area (Å²) in [6, 6.07) is 12.0. The predicted octanol–water partition coefficient (Wildman–Crippen LogP) is 8.48. The minimum Gasteiger partial charge on any atom is -0.513 e. The maximum atomic E-state index is 13.0. The maximum Gasteiger partial charge on any atom is 0.131 e. The Morgan fingerprint density at radius 1 is 1.00 bits per heavy atom. The Labute approximate surface area is 223 Å². The first kappa shape index (κ1) is 34.3. The zero-order valence-electron chi connectivity index (χ0n) is 23.6. The second-order valence-electron chi connectivity index (χ2n) is 8.75. The van der Waals surface area contributed by atoms with Gasteiger partial charge in [0.05, 0.1) is 11.9 Å². The van der Waals surface area contributed by atoms with E-state index in [1.165, 1.54) is 36.3 Å². The number of hydrogen-bond donors (Lipinski definition) is 3. The molecular weight excluding hydrogens is 472 g/mol. The van der Waals surface area contributed by atoms with Crippen molar-refractivity contribution in [2.24, 2.45) is 5.92 Å². The van der Waals surface area contributed by atoms with Gasteiger partial charge in [0.2, 0.25) is 0 Å². The number of rotatable bonds is 7. The van der Waals surface area contributed by atoms with Crippen LogP contribution in [0.4, 0.5) is 14.5 Å². The average molecular weight is 520 g/mol. The molecule has 0 bridgehead atoms. The van der Waals surface area contributed by atoms with Crippen molar-refractivity contribution >= 4 is 5.69 Å². The minimum absolute atomic E-state index is 0.0325. The van der Waals surface area contributed by atoms with E-state index in [0.717, 1.165) is 5.69 Å². The maximum absolute atomic E-state index is 13.0. The molecule has 6 heteroatoms. The molecule has 0 aliphatic carbocycles. The molecule has 2 aromatic rings. The predicted molar refractivity (Wildman–Crippen MR) is 152 cm³/mol. The van der Waals surface area contributed by atoms with Crippen LogP contribution >= 0.6 is 0 Å². The SMILES string of the molecule is C/C=C(/C)CC.C=C(O)CC.CC.CC1[C@@H](CCC(O)c2ccc(F)cc2)C(O)N1c1ccc(F)cc1. The highest BCUT2D eigenvalue weighted by molar-refractivity contribution is 5.51. The lowest BCUT2D eigenvalue weighted by atomic mass is 9.82. The zero-order valence-corrected chi connectivity index (χ0v) is 23.6. The van der Waals surface area contributed by atoms with Crippen LogP contribution in [0.15, 0.2) is 72.5 Å². The molecule has 2 aromatic carbocycles. The molecular formula is C31H47F2NO3. The standard InChI is InChI=1S/C19H21F2NO2.C6H12.C4H8O.C2H6/c1-12-17(10-11-18(23)13-2-4-14(20)5-3-13)19(24)22(12)16-8-6-15(21)7-9-16;1-4-6(3)5-2;1-3-4(2)5;1-2/h2-9,12,17-19,23-24H,10-11H2,1H3;4H,5H2,1-3H3;5H,2-3H2,1H3;1-2H3/b;6-4-;;/t12?,17-,18?,19?;;;/m1.../s1. The monoisotopic (exact) mass is 519 g/mol. The van der Waals surface area contributed by atoms with Gasteiger partial charge in [0.25, 0.3) is 0 Å². The van der Waals surface area contributed by atoms with Crippen LogP contribution in [-0.4, -0.2) is 27.6 Å². The molecule has 1 saturated heterocycles. The Morgan fingerprint density at radius 3 is 1.81 bits per heavy atom. The molecule has 0 spiro atoms. The Morgan fingerprint density at radius 2 is 1.46 bits per heavy atom. The van der Waals surface area contributed by atoms with Crippen LogP contribution < -0.4 is 4.90 Å². The lowest BCUT2D eigenvalue weighted by molar-refractivity contribution is 0.000206. The Kier molecular flexibility index (Phi) is 17.2. The van der Waals surface area contributed by atoms with Crippen molar-refractivity contribution in [3.63, 3.8) is 0 Å². The molecule has 0 radical (unpaired) electrons. The molecule has 4 atom stereocenters. The third-order valence-corrected chi connectivity index (χ3v) is 6.34. The summed E-state index contributed by atoms with van der Waals surface area (Å²) in [5.41, 5.74) is 2.93. The highest BCUT2D eigenvalue weighted by atomic mass is 19.1. The van der Waals surface area contributed by atoms with Gasteiger partial charge >= 0.3 is 0 Å². The second kappa shape index (κ2) is 18.5. The van der Waals surface area contributed by atoms with Crippen molar-refractivity contribution in [2.45, 2.75) is 92.5 Å². The molecule has 1 aliphatic rings. The van der Waals surface area contributed by atoms with Gasteiger partial charge < -0.3 is 20.2 Å². The second-order valence-corrected chi connectivity index (χ2v) is 8.75. The molecule has 208 valence electrons. The number of nitrogens with zero attached hydrogens (tertiary/aromatic N) is 1. The molecule has 3 rings (SSSR count). The van der Waals surface area contributed by atoms with E-state index < -0.39 is 12.3 Å². The third kappa shape index (κ3) is 11.9. The van der Waals surface area contributed by atoms with Gasteiger partial charge in [0.1, 0.15) is 17.9 Å². The molecule has 1 heterocycles. The van der Waals surface area contributed by atoms with Crippen LogP contribution in [0.5, 0.6) is 0 Å². The quantitative estimate of drug-likeness (QED) is 0.253. The summed E-state index contributed by atoms with van der Waals surface area (Å²) in [4.78, 5) is 1.84. The summed E-state index contributed by atoms with van der Waals surface area (Å²) in [6.45, 7) is 17.5. The van der Waals surface area contributed by atoms with E-state index in [9.17, 15) is 19.0 Å². The van der Waals surface area contributed by atoms with Crippen molar-refractivity contribution in [2.75, 3.05) is 4.90 Å². The first-order chi connectivity index (χ1) is 17.5. The molecule has 1 fully saturated rings. The number of aliphatic hydroxyl groups is 3. The van der Waals surface area contributed by atoms with E-state index in [1.54, 1.807) is 24.3 Å². The largest absolute Gasteiger partial charge is 0.513 e.